The van der Waals surface area contributed by atoms with Crippen LogP contribution in [-0.4, -0.2) is 9.79 Å². The van der Waals surface area contributed by atoms with Crippen molar-refractivity contribution in [1.82, 2.24) is 0 Å². The van der Waals surface area contributed by atoms with Gasteiger partial charge in [0, 0.05) is 4.57 Å². The van der Waals surface area contributed by atoms with E-state index in [2.05, 4.69) is 0 Å². The van der Waals surface area contributed by atoms with Crippen molar-refractivity contribution < 1.29 is 26.9 Å². The fraction of sp³-hybridized carbons (Fsp3) is 0. The van der Waals surface area contributed by atoms with Gasteiger partial charge in [-0.15, -0.1) is 26.8 Å². The summed E-state index contributed by atoms with van der Waals surface area (Å²) in [6.45, 7) is 0. The molecule has 0 atom stereocenters. The van der Waals surface area contributed by atoms with Crippen LogP contribution in [0.15, 0.2) is 0 Å². The van der Waals surface area contributed by atoms with Crippen LogP contribution in [-0.2, 0) is 4.57 Å². The lowest BCUT2D eigenvalue weighted by Gasteiger charge is -1.61. The summed E-state index contributed by atoms with van der Waals surface area (Å²) in [5.41, 5.74) is 0. The summed E-state index contributed by atoms with van der Waals surface area (Å²) in [5.74, 6) is 0. The third-order valence-electron chi connectivity index (χ3n) is 0. The van der Waals surface area contributed by atoms with Gasteiger partial charge in [0.05, 0.1) is 0 Å². The average Bonchev–Trinajstić information content (AvgIpc) is 1.25. The van der Waals surface area contributed by atoms with Crippen molar-refractivity contribution in [3.05, 3.63) is 0 Å². The van der Waals surface area contributed by atoms with Crippen molar-refractivity contribution in [2.24, 2.45) is 0 Å². The van der Waals surface area contributed by atoms with Gasteiger partial charge in [0.1, 0.15) is 0 Å². The zero-order valence-corrected chi connectivity index (χ0v) is 7.24. The molecule has 0 aromatic rings. The van der Waals surface area contributed by atoms with Crippen LogP contribution in [0.4, 0.5) is 12.6 Å². The molecule has 0 spiro atoms. The van der Waals surface area contributed by atoms with Crippen LogP contribution in [0.25, 0.3) is 0 Å². The molecular weight excluding hydrogens is 247 g/mol. The molecule has 0 aliphatic heterocycles. The Balaban J connectivity index is -0.0000000720. The smallest absolute Gasteiger partial charge is 0.152 e. The Labute approximate surface area is 61.7 Å². The molecule has 0 bridgehead atoms. The Morgan fingerprint density at radius 2 is 1.22 bits per heavy atom. The van der Waals surface area contributed by atoms with Crippen molar-refractivity contribution in [2.75, 3.05) is 0 Å². The summed E-state index contributed by atoms with van der Waals surface area (Å²) in [6.07, 6.45) is 0. The van der Waals surface area contributed by atoms with Crippen molar-refractivity contribution in [2.45, 2.75) is 0 Å². The molecule has 9 heteroatoms. The minimum absolute atomic E-state index is 0. The van der Waals surface area contributed by atoms with E-state index in [1.807, 2.05) is 0 Å². The van der Waals surface area contributed by atoms with Crippen LogP contribution >= 0.6 is 34.1 Å². The Morgan fingerprint density at radius 3 is 1.22 bits per heavy atom. The summed E-state index contributed by atoms with van der Waals surface area (Å²) >= 11 is 0. The highest BCUT2D eigenvalue weighted by Gasteiger charge is 1.93. The lowest BCUT2D eigenvalue weighted by Crippen LogP contribution is -1.38. The largest absolute Gasteiger partial charge is 0.692 e. The topological polar surface area (TPSA) is 57.5 Å². The van der Waals surface area contributed by atoms with Gasteiger partial charge in [-0.25, -0.2) is 0 Å². The van der Waals surface area contributed by atoms with Crippen LogP contribution in [0.3, 0.4) is 0 Å². The van der Waals surface area contributed by atoms with Gasteiger partial charge in [-0.05, 0) is 0 Å². The molecule has 0 aliphatic carbocycles. The molecule has 0 aromatic carbocycles. The molecule has 0 aromatic heterocycles. The molecule has 0 rings (SSSR count). The van der Waals surface area contributed by atoms with E-state index in [4.69, 9.17) is 14.4 Å². The van der Waals surface area contributed by atoms with Crippen LogP contribution in [0, 0.1) is 0 Å². The number of halogens is 4. The van der Waals surface area contributed by atoms with Crippen molar-refractivity contribution in [1.29, 1.82) is 0 Å². The van der Waals surface area contributed by atoms with E-state index >= 15 is 0 Å². The quantitative estimate of drug-likeness (QED) is 0.648. The van der Waals surface area contributed by atoms with Crippen LogP contribution in [0.5, 0.6) is 0 Å². The predicted octanol–water partition coefficient (Wildman–Crippen LogP) is 2.33. The summed E-state index contributed by atoms with van der Waals surface area (Å²) < 4.78 is 37.9. The Hall–Kier alpha value is 0.720. The standard InChI is InChI=1S/BrH.F3P.HO3P/c;2*1-4(2)3/h1H;;(H-,1,2,3)/p+1. The molecule has 0 fully saturated rings. The third-order valence-corrected chi connectivity index (χ3v) is 0. The second-order valence-electron chi connectivity index (χ2n) is 0.444. The molecule has 0 saturated heterocycles. The van der Waals surface area contributed by atoms with E-state index in [0.717, 1.165) is 0 Å². The van der Waals surface area contributed by atoms with Crippen LogP contribution in [0.1, 0.15) is 0 Å². The monoisotopic (exact) mass is 249 g/mol. The molecule has 0 saturated carbocycles. The normalized spacial score (nSPS) is 6.89. The minimum Gasteiger partial charge on any atom is -0.152 e. The first-order valence-corrected chi connectivity index (χ1v) is 3.27. The van der Waals surface area contributed by atoms with Crippen LogP contribution in [0.2, 0.25) is 0 Å². The molecule has 0 aliphatic rings. The molecule has 0 amide bonds. The molecule has 2 N–H and O–H groups in total. The highest BCUT2D eigenvalue weighted by molar-refractivity contribution is 8.93. The summed E-state index contributed by atoms with van der Waals surface area (Å²) in [7, 11) is -6.99. The lowest BCUT2D eigenvalue weighted by molar-refractivity contribution is 0.405. The van der Waals surface area contributed by atoms with Gasteiger partial charge in [0.25, 0.3) is 0 Å². The van der Waals surface area contributed by atoms with Gasteiger partial charge >= 0.3 is 17.1 Å². The molecule has 0 radical (unpaired) electrons. The van der Waals surface area contributed by atoms with E-state index in [1.54, 1.807) is 0 Å². The van der Waals surface area contributed by atoms with E-state index in [1.165, 1.54) is 0 Å². The van der Waals surface area contributed by atoms with Crippen molar-refractivity contribution in [3.63, 3.8) is 0 Å². The third kappa shape index (κ3) is 760. The van der Waals surface area contributed by atoms with E-state index in [9.17, 15) is 12.6 Å². The van der Waals surface area contributed by atoms with Crippen LogP contribution < -0.4 is 0 Å². The SMILES string of the molecule is Br.FP(F)F.O=[P+](O)O. The van der Waals surface area contributed by atoms with Crippen molar-refractivity contribution >= 4 is 34.1 Å². The van der Waals surface area contributed by atoms with E-state index < -0.39 is 17.1 Å². The average molecular weight is 250 g/mol. The Kier molecular flexibility index (Phi) is 20.9. The lowest BCUT2D eigenvalue weighted by atomic mass is 15.8. The molecule has 58 valence electrons. The van der Waals surface area contributed by atoms with Gasteiger partial charge in [-0.3, -0.25) is 0 Å². The molecule has 0 unspecified atom stereocenters. The molecular formula is H3BrF3O3P2+. The maximum absolute atomic E-state index is 9.73. The highest BCUT2D eigenvalue weighted by atomic mass is 79.9. The van der Waals surface area contributed by atoms with E-state index in [0.29, 0.717) is 0 Å². The zero-order valence-electron chi connectivity index (χ0n) is 3.74. The Bertz CT molecular complexity index is 61.3. The second-order valence-corrected chi connectivity index (χ2v) is 1.33. The molecule has 3 nitrogen and oxygen atoms in total. The van der Waals surface area contributed by atoms with Gasteiger partial charge < -0.3 is 0 Å². The summed E-state index contributed by atoms with van der Waals surface area (Å²) in [4.78, 5) is 14.2. The zero-order chi connectivity index (χ0) is 7.15. The van der Waals surface area contributed by atoms with E-state index in [-0.39, 0.29) is 17.0 Å². The van der Waals surface area contributed by atoms with Gasteiger partial charge in [-0.1, -0.05) is 0 Å². The fourth-order valence-electron chi connectivity index (χ4n) is 0. The maximum Gasteiger partial charge on any atom is 0.692 e. The van der Waals surface area contributed by atoms with Crippen molar-refractivity contribution in [3.8, 4) is 0 Å². The predicted molar refractivity (Wildman–Crippen MR) is 32.6 cm³/mol. The van der Waals surface area contributed by atoms with Gasteiger partial charge in [0.15, 0.2) is 0 Å². The number of hydrogen-bond acceptors (Lipinski definition) is 1. The minimum atomic E-state index is -4.12. The number of hydrogen-bond donors (Lipinski definition) is 2. The highest BCUT2D eigenvalue weighted by Crippen LogP contribution is 2.39. The maximum atomic E-state index is 9.73. The first kappa shape index (κ1) is 16.4. The summed E-state index contributed by atoms with van der Waals surface area (Å²) in [5, 5.41) is 0. The van der Waals surface area contributed by atoms with Gasteiger partial charge in [-0.2, -0.15) is 12.6 Å². The first-order chi connectivity index (χ1) is 3.46. The Morgan fingerprint density at radius 1 is 1.22 bits per heavy atom. The summed E-state index contributed by atoms with van der Waals surface area (Å²) in [6, 6.07) is 0. The first-order valence-electron chi connectivity index (χ1n) is 1.09. The second kappa shape index (κ2) is 11.5. The molecule has 9 heavy (non-hydrogen) atoms. The number of rotatable bonds is 0. The fourth-order valence-corrected chi connectivity index (χ4v) is 0. The molecule has 0 heterocycles. The van der Waals surface area contributed by atoms with Gasteiger partial charge in [0.2, 0.25) is 0 Å².